The van der Waals surface area contributed by atoms with Gasteiger partial charge in [-0.1, -0.05) is 24.3 Å². The fourth-order valence-corrected chi connectivity index (χ4v) is 4.64. The maximum atomic E-state index is 12.0. The van der Waals surface area contributed by atoms with Crippen molar-refractivity contribution in [1.29, 1.82) is 0 Å². The molecular weight excluding hydrogens is 396 g/mol. The molecule has 9 nitrogen and oxygen atoms in total. The van der Waals surface area contributed by atoms with Crippen molar-refractivity contribution in [2.24, 2.45) is 17.6 Å². The van der Waals surface area contributed by atoms with Crippen molar-refractivity contribution in [3.05, 3.63) is 47.7 Å². The van der Waals surface area contributed by atoms with Crippen molar-refractivity contribution in [1.82, 2.24) is 14.9 Å². The topological polar surface area (TPSA) is 117 Å². The molecule has 31 heavy (non-hydrogen) atoms. The zero-order chi connectivity index (χ0) is 21.8. The van der Waals surface area contributed by atoms with Gasteiger partial charge in [0.1, 0.15) is 12.4 Å². The van der Waals surface area contributed by atoms with Crippen LogP contribution in [0.25, 0.3) is 0 Å². The maximum Gasteiger partial charge on any atom is 0.418 e. The number of aromatic nitrogens is 2. The highest BCUT2D eigenvalue weighted by atomic mass is 16.6. The van der Waals surface area contributed by atoms with Gasteiger partial charge in [-0.3, -0.25) is 4.90 Å². The van der Waals surface area contributed by atoms with E-state index in [-0.39, 0.29) is 18.5 Å². The highest BCUT2D eigenvalue weighted by molar-refractivity contribution is 5.89. The molecule has 0 radical (unpaired) electrons. The Morgan fingerprint density at radius 3 is 2.65 bits per heavy atom. The molecule has 9 heteroatoms. The van der Waals surface area contributed by atoms with E-state index in [0.717, 1.165) is 30.1 Å². The Morgan fingerprint density at radius 2 is 2.00 bits per heavy atom. The number of ether oxygens (including phenoxy) is 1. The normalized spacial score (nSPS) is 30.8. The van der Waals surface area contributed by atoms with Crippen LogP contribution < -0.4 is 16.0 Å². The van der Waals surface area contributed by atoms with Crippen LogP contribution in [0.4, 0.5) is 16.6 Å². The van der Waals surface area contributed by atoms with Crippen molar-refractivity contribution in [2.75, 3.05) is 29.9 Å². The monoisotopic (exact) mass is 424 g/mol. The molecule has 0 spiro atoms. The third kappa shape index (κ3) is 3.84. The van der Waals surface area contributed by atoms with E-state index in [1.807, 2.05) is 6.92 Å². The first-order chi connectivity index (χ1) is 14.8. The van der Waals surface area contributed by atoms with Gasteiger partial charge in [-0.2, -0.15) is 4.98 Å². The minimum Gasteiger partial charge on any atom is -0.444 e. The number of likely N-dealkylation sites (tertiary alicyclic amines) is 1. The molecule has 1 aromatic carbocycles. The van der Waals surface area contributed by atoms with Crippen LogP contribution in [0.1, 0.15) is 31.0 Å². The van der Waals surface area contributed by atoms with E-state index >= 15 is 0 Å². The number of cyclic esters (lactones) is 1. The summed E-state index contributed by atoms with van der Waals surface area (Å²) in [7, 11) is 0. The summed E-state index contributed by atoms with van der Waals surface area (Å²) in [6.07, 6.45) is 0.921. The molecule has 1 aliphatic carbocycles. The van der Waals surface area contributed by atoms with Crippen LogP contribution in [-0.4, -0.2) is 57.5 Å². The van der Waals surface area contributed by atoms with Gasteiger partial charge in [0, 0.05) is 31.9 Å². The minimum absolute atomic E-state index is 0.0345. The van der Waals surface area contributed by atoms with Crippen LogP contribution in [0.5, 0.6) is 0 Å². The predicted molar refractivity (Wildman–Crippen MR) is 115 cm³/mol. The number of carbonyl (C=O) groups is 1. The molecule has 1 saturated carbocycles. The second-order valence-corrected chi connectivity index (χ2v) is 9.05. The van der Waals surface area contributed by atoms with E-state index in [1.54, 1.807) is 12.3 Å². The van der Waals surface area contributed by atoms with E-state index in [9.17, 15) is 9.90 Å². The van der Waals surface area contributed by atoms with Gasteiger partial charge in [-0.25, -0.2) is 14.7 Å². The molecule has 4 N–H and O–H groups in total. The summed E-state index contributed by atoms with van der Waals surface area (Å²) < 4.78 is 4.94. The Bertz CT molecular complexity index is 969. The second-order valence-electron chi connectivity index (χ2n) is 9.05. The number of fused-ring (bicyclic) bond motifs is 1. The molecule has 1 aromatic heterocycles. The lowest BCUT2D eigenvalue weighted by atomic mass is 10.1. The lowest BCUT2D eigenvalue weighted by Crippen LogP contribution is -2.45. The van der Waals surface area contributed by atoms with Crippen LogP contribution in [-0.2, 0) is 11.3 Å². The van der Waals surface area contributed by atoms with Crippen LogP contribution in [0.15, 0.2) is 36.5 Å². The smallest absolute Gasteiger partial charge is 0.418 e. The van der Waals surface area contributed by atoms with Gasteiger partial charge >= 0.3 is 6.09 Å². The molecule has 2 saturated heterocycles. The largest absolute Gasteiger partial charge is 0.444 e. The highest BCUT2D eigenvalue weighted by Gasteiger charge is 2.53. The van der Waals surface area contributed by atoms with Gasteiger partial charge in [-0.05, 0) is 42.9 Å². The first-order valence-corrected chi connectivity index (χ1v) is 10.7. The molecule has 164 valence electrons. The minimum atomic E-state index is -1.44. The number of rotatable bonds is 6. The van der Waals surface area contributed by atoms with Crippen molar-refractivity contribution in [3.63, 3.8) is 0 Å². The van der Waals surface area contributed by atoms with E-state index in [1.165, 1.54) is 12.5 Å². The first-order valence-electron chi connectivity index (χ1n) is 10.7. The number of aliphatic hydroxyl groups is 1. The fraction of sp³-hybridized carbons (Fsp3) is 0.500. The van der Waals surface area contributed by atoms with Gasteiger partial charge < -0.3 is 20.9 Å². The van der Waals surface area contributed by atoms with E-state index < -0.39 is 11.8 Å². The van der Waals surface area contributed by atoms with Gasteiger partial charge in [0.2, 0.25) is 5.95 Å². The third-order valence-electron chi connectivity index (χ3n) is 6.57. The molecule has 2 aromatic rings. The van der Waals surface area contributed by atoms with E-state index in [4.69, 9.17) is 10.5 Å². The molecule has 3 heterocycles. The average Bonchev–Trinajstić information content (AvgIpc) is 3.04. The SMILES string of the molecule is C[C@H](Nc1nccc(N2C(=O)OC[C@]2(C)O)n1)c1ccc(CN2CC3C(N)C3C2)cc1. The fourth-order valence-electron chi connectivity index (χ4n) is 4.64. The lowest BCUT2D eigenvalue weighted by Gasteiger charge is -2.25. The molecule has 2 unspecified atom stereocenters. The summed E-state index contributed by atoms with van der Waals surface area (Å²) >= 11 is 0. The van der Waals surface area contributed by atoms with Crippen LogP contribution >= 0.6 is 0 Å². The maximum absolute atomic E-state index is 12.0. The van der Waals surface area contributed by atoms with Gasteiger partial charge in [-0.15, -0.1) is 0 Å². The quantitative estimate of drug-likeness (QED) is 0.642. The van der Waals surface area contributed by atoms with Crippen molar-refractivity contribution in [2.45, 2.75) is 38.2 Å². The molecule has 3 aliphatic rings. The second kappa shape index (κ2) is 7.44. The van der Waals surface area contributed by atoms with Gasteiger partial charge in [0.05, 0.1) is 6.04 Å². The van der Waals surface area contributed by atoms with E-state index in [2.05, 4.69) is 44.5 Å². The number of nitrogens with two attached hydrogens (primary N) is 1. The zero-order valence-electron chi connectivity index (χ0n) is 17.7. The molecule has 5 rings (SSSR count). The Morgan fingerprint density at radius 1 is 1.29 bits per heavy atom. The predicted octanol–water partition coefficient (Wildman–Crippen LogP) is 1.70. The summed E-state index contributed by atoms with van der Waals surface area (Å²) in [5.74, 6) is 2.06. The number of hydrogen-bond acceptors (Lipinski definition) is 8. The molecule has 0 bridgehead atoms. The van der Waals surface area contributed by atoms with Crippen molar-refractivity contribution in [3.8, 4) is 0 Å². The first kappa shape index (κ1) is 20.2. The van der Waals surface area contributed by atoms with Crippen LogP contribution in [0, 0.1) is 11.8 Å². The summed E-state index contributed by atoms with van der Waals surface area (Å²) in [6.45, 7) is 6.61. The van der Waals surface area contributed by atoms with Crippen LogP contribution in [0.3, 0.4) is 0 Å². The highest BCUT2D eigenvalue weighted by Crippen LogP contribution is 2.44. The summed E-state index contributed by atoms with van der Waals surface area (Å²) in [5, 5.41) is 13.6. The standard InChI is InChI=1S/C22H28N6O3/c1-13(15-5-3-14(4-6-15)9-27-10-16-17(11-27)19(16)23)25-20-24-8-7-18(26-20)28-21(29)31-12-22(28,2)30/h3-8,13,16-17,19,30H,9-12,23H2,1-2H3,(H,24,25,26)/t13-,16?,17?,19?,22-/m0/s1. The lowest BCUT2D eigenvalue weighted by molar-refractivity contribution is 0.0475. The number of amides is 1. The number of nitrogens with zero attached hydrogens (tertiary/aromatic N) is 4. The third-order valence-corrected chi connectivity index (χ3v) is 6.57. The number of hydrogen-bond donors (Lipinski definition) is 3. The number of carbonyl (C=O) groups excluding carboxylic acids is 1. The van der Waals surface area contributed by atoms with Crippen molar-refractivity contribution >= 4 is 17.9 Å². The van der Waals surface area contributed by atoms with Crippen molar-refractivity contribution < 1.29 is 14.6 Å². The Labute approximate surface area is 181 Å². The number of anilines is 2. The molecule has 2 aliphatic heterocycles. The molecule has 3 fully saturated rings. The summed E-state index contributed by atoms with van der Waals surface area (Å²) in [6, 6.07) is 10.5. The Kier molecular flexibility index (Phi) is 4.84. The molecule has 1 amide bonds. The average molecular weight is 425 g/mol. The van der Waals surface area contributed by atoms with Crippen LogP contribution in [0.2, 0.25) is 0 Å². The summed E-state index contributed by atoms with van der Waals surface area (Å²) in [5.41, 5.74) is 6.99. The summed E-state index contributed by atoms with van der Waals surface area (Å²) in [4.78, 5) is 24.3. The number of nitrogens with one attached hydrogen (secondary N) is 1. The Balaban J connectivity index is 1.22. The van der Waals surface area contributed by atoms with Gasteiger partial charge in [0.25, 0.3) is 0 Å². The van der Waals surface area contributed by atoms with E-state index in [0.29, 0.717) is 23.8 Å². The Hall–Kier alpha value is -2.75. The molecular formula is C22H28N6O3. The zero-order valence-corrected chi connectivity index (χ0v) is 17.7. The molecule has 4 atom stereocenters. The van der Waals surface area contributed by atoms with Gasteiger partial charge in [0.15, 0.2) is 5.72 Å². The number of benzene rings is 1. The number of piperidine rings is 1.